The van der Waals surface area contributed by atoms with Crippen LogP contribution >= 0.6 is 11.6 Å². The number of carboxylic acid groups (broad SMARTS) is 1. The van der Waals surface area contributed by atoms with Crippen molar-refractivity contribution in [3.63, 3.8) is 0 Å². The first kappa shape index (κ1) is 21.6. The predicted octanol–water partition coefficient (Wildman–Crippen LogP) is 5.20. The van der Waals surface area contributed by atoms with Crippen molar-refractivity contribution >= 4 is 35.1 Å². The molecule has 32 heavy (non-hydrogen) atoms. The highest BCUT2D eigenvalue weighted by molar-refractivity contribution is 6.30. The van der Waals surface area contributed by atoms with Crippen molar-refractivity contribution in [3.8, 4) is 11.1 Å². The molecule has 3 aromatic carbocycles. The molecule has 7 heteroatoms. The molecular formula is C25H21ClN2O4. The van der Waals surface area contributed by atoms with E-state index in [1.807, 2.05) is 30.3 Å². The van der Waals surface area contributed by atoms with Gasteiger partial charge in [0.1, 0.15) is 6.04 Å². The Hall–Kier alpha value is -3.64. The van der Waals surface area contributed by atoms with Crippen molar-refractivity contribution in [1.29, 1.82) is 0 Å². The van der Waals surface area contributed by atoms with E-state index in [4.69, 9.17) is 11.6 Å². The minimum absolute atomic E-state index is 0.189. The van der Waals surface area contributed by atoms with Crippen molar-refractivity contribution in [2.45, 2.75) is 12.5 Å². The van der Waals surface area contributed by atoms with Gasteiger partial charge in [0.05, 0.1) is 5.92 Å². The molecule has 0 aromatic heterocycles. The van der Waals surface area contributed by atoms with E-state index in [1.165, 1.54) is 4.90 Å². The third-order valence-electron chi connectivity index (χ3n) is 5.62. The zero-order chi connectivity index (χ0) is 22.7. The molecule has 2 N–H and O–H groups in total. The molecule has 1 fully saturated rings. The van der Waals surface area contributed by atoms with Crippen LogP contribution in [0.4, 0.5) is 10.5 Å². The summed E-state index contributed by atoms with van der Waals surface area (Å²) in [5.41, 5.74) is 2.86. The van der Waals surface area contributed by atoms with Gasteiger partial charge < -0.3 is 15.3 Å². The quantitative estimate of drug-likeness (QED) is 0.525. The van der Waals surface area contributed by atoms with Gasteiger partial charge in [-0.05, 0) is 41.8 Å². The van der Waals surface area contributed by atoms with Crippen LogP contribution in [0.25, 0.3) is 11.1 Å². The molecule has 1 aliphatic rings. The van der Waals surface area contributed by atoms with Gasteiger partial charge in [0.25, 0.3) is 0 Å². The van der Waals surface area contributed by atoms with Crippen LogP contribution in [-0.2, 0) is 4.79 Å². The lowest BCUT2D eigenvalue weighted by Gasteiger charge is -2.24. The smallest absolute Gasteiger partial charge is 0.327 e. The van der Waals surface area contributed by atoms with Gasteiger partial charge in [0, 0.05) is 22.8 Å². The largest absolute Gasteiger partial charge is 0.480 e. The number of Topliss-reactive ketones (excluding diaryl/α,β-unsaturated/α-hetero) is 1. The zero-order valence-electron chi connectivity index (χ0n) is 17.1. The Labute approximate surface area is 190 Å². The summed E-state index contributed by atoms with van der Waals surface area (Å²) in [6.45, 7) is 0.189. The van der Waals surface area contributed by atoms with Gasteiger partial charge in [0.15, 0.2) is 5.78 Å². The van der Waals surface area contributed by atoms with E-state index in [-0.39, 0.29) is 18.7 Å². The standard InChI is InChI=1S/C25H21ClN2O4/c26-19-12-10-17(11-13-19)16-6-8-18(9-7-16)23(29)21-14-15-28(22(21)24(30)31)25(32)27-20-4-2-1-3-5-20/h1-13,21-22H,14-15H2,(H,27,32)(H,30,31)/t21-,22-/m0/s1. The first-order valence-electron chi connectivity index (χ1n) is 10.2. The van der Waals surface area contributed by atoms with Crippen molar-refractivity contribution < 1.29 is 19.5 Å². The van der Waals surface area contributed by atoms with Crippen molar-refractivity contribution in [2.75, 3.05) is 11.9 Å². The van der Waals surface area contributed by atoms with Crippen LogP contribution in [0.15, 0.2) is 78.9 Å². The Bertz CT molecular complexity index is 1130. The van der Waals surface area contributed by atoms with Gasteiger partial charge in [-0.25, -0.2) is 9.59 Å². The average Bonchev–Trinajstić information content (AvgIpc) is 3.26. The second kappa shape index (κ2) is 9.24. The summed E-state index contributed by atoms with van der Waals surface area (Å²) in [7, 11) is 0. The number of urea groups is 1. The lowest BCUT2D eigenvalue weighted by atomic mass is 9.90. The van der Waals surface area contributed by atoms with Crippen molar-refractivity contribution in [3.05, 3.63) is 89.4 Å². The Morgan fingerprint density at radius 3 is 2.06 bits per heavy atom. The predicted molar refractivity (Wildman–Crippen MR) is 123 cm³/mol. The fourth-order valence-electron chi connectivity index (χ4n) is 4.00. The van der Waals surface area contributed by atoms with E-state index in [0.717, 1.165) is 11.1 Å². The molecule has 1 saturated heterocycles. The fourth-order valence-corrected chi connectivity index (χ4v) is 4.13. The van der Waals surface area contributed by atoms with Crippen LogP contribution in [0.2, 0.25) is 5.02 Å². The van der Waals surface area contributed by atoms with E-state index >= 15 is 0 Å². The second-order valence-corrected chi connectivity index (χ2v) is 8.05. The number of amides is 2. The number of ketones is 1. The topological polar surface area (TPSA) is 86.7 Å². The molecule has 6 nitrogen and oxygen atoms in total. The summed E-state index contributed by atoms with van der Waals surface area (Å²) in [6.07, 6.45) is 0.289. The van der Waals surface area contributed by atoms with Crippen LogP contribution < -0.4 is 5.32 Å². The van der Waals surface area contributed by atoms with E-state index in [0.29, 0.717) is 16.3 Å². The van der Waals surface area contributed by atoms with E-state index < -0.39 is 24.0 Å². The van der Waals surface area contributed by atoms with Gasteiger partial charge in [-0.15, -0.1) is 0 Å². The Morgan fingerprint density at radius 2 is 1.47 bits per heavy atom. The number of carbonyl (C=O) groups is 3. The van der Waals surface area contributed by atoms with E-state index in [9.17, 15) is 19.5 Å². The van der Waals surface area contributed by atoms with Gasteiger partial charge in [-0.2, -0.15) is 0 Å². The lowest BCUT2D eigenvalue weighted by molar-refractivity contribution is -0.142. The van der Waals surface area contributed by atoms with Gasteiger partial charge in [-0.3, -0.25) is 4.79 Å². The molecular weight excluding hydrogens is 428 g/mol. The van der Waals surface area contributed by atoms with Crippen LogP contribution in [0.1, 0.15) is 16.8 Å². The molecule has 2 atom stereocenters. The maximum atomic E-state index is 13.1. The number of hydrogen-bond donors (Lipinski definition) is 2. The number of carbonyl (C=O) groups excluding carboxylic acids is 2. The number of likely N-dealkylation sites (tertiary alicyclic amines) is 1. The van der Waals surface area contributed by atoms with Crippen LogP contribution in [0.3, 0.4) is 0 Å². The number of anilines is 1. The third-order valence-corrected chi connectivity index (χ3v) is 5.87. The first-order valence-corrected chi connectivity index (χ1v) is 10.6. The second-order valence-electron chi connectivity index (χ2n) is 7.62. The Kier molecular flexibility index (Phi) is 6.23. The molecule has 0 spiro atoms. The highest BCUT2D eigenvalue weighted by Gasteiger charge is 2.45. The van der Waals surface area contributed by atoms with E-state index in [1.54, 1.807) is 48.5 Å². The SMILES string of the molecule is O=C(c1ccc(-c2ccc(Cl)cc2)cc1)[C@H]1CCN(C(=O)Nc2ccccc2)[C@@H]1C(=O)O. The highest BCUT2D eigenvalue weighted by Crippen LogP contribution is 2.30. The number of hydrogen-bond acceptors (Lipinski definition) is 3. The van der Waals surface area contributed by atoms with Gasteiger partial charge in [0.2, 0.25) is 0 Å². The number of halogens is 1. The monoisotopic (exact) mass is 448 g/mol. The number of para-hydroxylation sites is 1. The van der Waals surface area contributed by atoms with Crippen LogP contribution in [0, 0.1) is 5.92 Å². The number of aliphatic carboxylic acids is 1. The Morgan fingerprint density at radius 1 is 0.875 bits per heavy atom. The molecule has 0 unspecified atom stereocenters. The number of rotatable bonds is 5. The number of benzene rings is 3. The maximum absolute atomic E-state index is 13.1. The fraction of sp³-hybridized carbons (Fsp3) is 0.160. The lowest BCUT2D eigenvalue weighted by Crippen LogP contribution is -2.46. The van der Waals surface area contributed by atoms with Crippen LogP contribution in [0.5, 0.6) is 0 Å². The van der Waals surface area contributed by atoms with Crippen molar-refractivity contribution in [2.24, 2.45) is 5.92 Å². The summed E-state index contributed by atoms with van der Waals surface area (Å²) in [5.74, 6) is -2.28. The molecule has 162 valence electrons. The normalized spacial score (nSPS) is 17.7. The molecule has 1 aliphatic heterocycles. The molecule has 0 bridgehead atoms. The molecule has 0 saturated carbocycles. The summed E-state index contributed by atoms with van der Waals surface area (Å²) < 4.78 is 0. The number of nitrogens with one attached hydrogen (secondary N) is 1. The molecule has 1 heterocycles. The zero-order valence-corrected chi connectivity index (χ0v) is 17.8. The van der Waals surface area contributed by atoms with Gasteiger partial charge in [-0.1, -0.05) is 66.2 Å². The van der Waals surface area contributed by atoms with E-state index in [2.05, 4.69) is 5.32 Å². The minimum Gasteiger partial charge on any atom is -0.480 e. The number of carboxylic acids is 1. The van der Waals surface area contributed by atoms with Gasteiger partial charge >= 0.3 is 12.0 Å². The molecule has 2 amide bonds. The summed E-state index contributed by atoms with van der Waals surface area (Å²) >= 11 is 5.93. The third kappa shape index (κ3) is 4.50. The van der Waals surface area contributed by atoms with Crippen molar-refractivity contribution in [1.82, 2.24) is 4.90 Å². The Balaban J connectivity index is 1.51. The highest BCUT2D eigenvalue weighted by atomic mass is 35.5. The maximum Gasteiger partial charge on any atom is 0.327 e. The molecule has 3 aromatic rings. The molecule has 4 rings (SSSR count). The van der Waals surface area contributed by atoms with Crippen LogP contribution in [-0.4, -0.2) is 40.4 Å². The summed E-state index contributed by atoms with van der Waals surface area (Å²) in [4.78, 5) is 39.1. The summed E-state index contributed by atoms with van der Waals surface area (Å²) in [6, 6.07) is 21.4. The molecule has 0 aliphatic carbocycles. The summed E-state index contributed by atoms with van der Waals surface area (Å²) in [5, 5.41) is 13.1. The number of nitrogens with zero attached hydrogens (tertiary/aromatic N) is 1. The minimum atomic E-state index is -1.22. The average molecular weight is 449 g/mol. The molecule has 0 radical (unpaired) electrons. The first-order chi connectivity index (χ1) is 15.4.